The van der Waals surface area contributed by atoms with E-state index in [1.165, 1.54) is 12.1 Å². The summed E-state index contributed by atoms with van der Waals surface area (Å²) in [4.78, 5) is 31.3. The summed E-state index contributed by atoms with van der Waals surface area (Å²) in [6.45, 7) is 2.08. The molecule has 4 aromatic rings. The Morgan fingerprint density at radius 2 is 1.79 bits per heavy atom. The van der Waals surface area contributed by atoms with Crippen molar-refractivity contribution in [2.75, 3.05) is 11.9 Å². The number of aromatic nitrogens is 1. The van der Waals surface area contributed by atoms with Crippen molar-refractivity contribution < 1.29 is 23.1 Å². The highest BCUT2D eigenvalue weighted by molar-refractivity contribution is 9.10. The van der Waals surface area contributed by atoms with Crippen LogP contribution in [0.3, 0.4) is 0 Å². The normalized spacial score (nSPS) is 18.7. The first kappa shape index (κ1) is 24.5. The van der Waals surface area contributed by atoms with Crippen molar-refractivity contribution in [2.45, 2.75) is 32.1 Å². The second kappa shape index (κ2) is 9.81. The molecule has 0 saturated carbocycles. The van der Waals surface area contributed by atoms with Crippen molar-refractivity contribution in [3.8, 4) is 22.7 Å². The first-order valence-corrected chi connectivity index (χ1v) is 13.1. The van der Waals surface area contributed by atoms with E-state index < -0.39 is 12.3 Å². The third-order valence-corrected chi connectivity index (χ3v) is 7.30. The molecule has 0 unspecified atom stereocenters. The third-order valence-electron chi connectivity index (χ3n) is 6.77. The van der Waals surface area contributed by atoms with Gasteiger partial charge in [0.2, 0.25) is 11.8 Å². The fourth-order valence-corrected chi connectivity index (χ4v) is 5.07. The molecular weight excluding hydrogens is 553 g/mol. The number of amides is 2. The summed E-state index contributed by atoms with van der Waals surface area (Å²) < 4.78 is 27.0. The van der Waals surface area contributed by atoms with Gasteiger partial charge >= 0.3 is 0 Å². The van der Waals surface area contributed by atoms with Gasteiger partial charge in [-0.2, -0.15) is 0 Å². The number of ether oxygens (including phenoxy) is 1. The minimum absolute atomic E-state index is 0.0191. The summed E-state index contributed by atoms with van der Waals surface area (Å²) in [7, 11) is 0. The van der Waals surface area contributed by atoms with Crippen LogP contribution in [-0.4, -0.2) is 34.3 Å². The molecule has 0 aliphatic carbocycles. The zero-order valence-electron chi connectivity index (χ0n) is 20.4. The van der Waals surface area contributed by atoms with E-state index in [4.69, 9.17) is 14.1 Å². The van der Waals surface area contributed by atoms with Crippen molar-refractivity contribution in [1.82, 2.24) is 9.88 Å². The lowest BCUT2D eigenvalue weighted by Crippen LogP contribution is -2.32. The summed E-state index contributed by atoms with van der Waals surface area (Å²) in [5, 5.41) is 2.87. The van der Waals surface area contributed by atoms with Crippen LogP contribution >= 0.6 is 15.9 Å². The molecule has 0 bridgehead atoms. The fourth-order valence-electron chi connectivity index (χ4n) is 4.80. The number of anilines is 1. The molecule has 2 aliphatic rings. The van der Waals surface area contributed by atoms with Gasteiger partial charge in [-0.15, -0.1) is 0 Å². The Morgan fingerprint density at radius 3 is 2.55 bits per heavy atom. The van der Waals surface area contributed by atoms with E-state index in [1.54, 1.807) is 24.0 Å². The number of carbonyl (C=O) groups is 2. The monoisotopic (exact) mass is 575 g/mol. The molecule has 1 saturated heterocycles. The second-order valence-electron chi connectivity index (χ2n) is 9.37. The zero-order valence-corrected chi connectivity index (χ0v) is 22.0. The van der Waals surface area contributed by atoms with E-state index in [1.807, 2.05) is 42.5 Å². The minimum Gasteiger partial charge on any atom is -0.436 e. The van der Waals surface area contributed by atoms with E-state index in [2.05, 4.69) is 21.2 Å². The summed E-state index contributed by atoms with van der Waals surface area (Å²) in [6, 6.07) is 19.4. The average molecular weight is 576 g/mol. The molecule has 6 rings (SSSR count). The Labute approximate surface area is 226 Å². The average Bonchev–Trinajstić information content (AvgIpc) is 3.58. The van der Waals surface area contributed by atoms with Gasteiger partial charge in [0, 0.05) is 27.8 Å². The van der Waals surface area contributed by atoms with Crippen LogP contribution in [0.1, 0.15) is 30.0 Å². The number of halogens is 2. The Balaban J connectivity index is 1.34. The van der Waals surface area contributed by atoms with Crippen LogP contribution in [0.25, 0.3) is 22.7 Å². The van der Waals surface area contributed by atoms with Gasteiger partial charge in [0.25, 0.3) is 5.91 Å². The zero-order chi connectivity index (χ0) is 26.4. The lowest BCUT2D eigenvalue weighted by molar-refractivity contribution is -0.130. The molecule has 38 heavy (non-hydrogen) atoms. The van der Waals surface area contributed by atoms with Crippen LogP contribution in [0.15, 0.2) is 75.6 Å². The molecule has 1 fully saturated rings. The lowest BCUT2D eigenvalue weighted by Gasteiger charge is -2.22. The van der Waals surface area contributed by atoms with Crippen molar-refractivity contribution in [3.05, 3.63) is 93.9 Å². The Kier molecular flexibility index (Phi) is 6.33. The van der Waals surface area contributed by atoms with Crippen LogP contribution in [0.5, 0.6) is 0 Å². The van der Waals surface area contributed by atoms with E-state index in [9.17, 15) is 14.0 Å². The molecule has 192 valence electrons. The van der Waals surface area contributed by atoms with E-state index in [-0.39, 0.29) is 17.6 Å². The molecule has 0 radical (unpaired) electrons. The Hall–Kier alpha value is -3.82. The number of nitrogens with one attached hydrogen (secondary N) is 1. The fraction of sp³-hybridized carbons (Fsp3) is 0.207. The van der Waals surface area contributed by atoms with E-state index in [0.29, 0.717) is 42.3 Å². The highest BCUT2D eigenvalue weighted by atomic mass is 79.9. The van der Waals surface area contributed by atoms with Gasteiger partial charge in [-0.1, -0.05) is 28.1 Å². The number of nitrogens with zero attached hydrogens (tertiary/aromatic N) is 2. The summed E-state index contributed by atoms with van der Waals surface area (Å²) in [5.41, 5.74) is 4.67. The largest absolute Gasteiger partial charge is 0.436 e. The van der Waals surface area contributed by atoms with Crippen LogP contribution in [0.4, 0.5) is 10.1 Å². The molecular formula is C29H23BrFN3O4. The molecule has 3 heterocycles. The number of oxazole rings is 1. The quantitative estimate of drug-likeness (QED) is 0.310. The maximum atomic E-state index is 13.7. The van der Waals surface area contributed by atoms with Gasteiger partial charge in [0.1, 0.15) is 17.6 Å². The van der Waals surface area contributed by atoms with Crippen molar-refractivity contribution in [3.63, 3.8) is 0 Å². The van der Waals surface area contributed by atoms with Gasteiger partial charge in [-0.25, -0.2) is 9.37 Å². The summed E-state index contributed by atoms with van der Waals surface area (Å²) >= 11 is 3.44. The van der Waals surface area contributed by atoms with Crippen molar-refractivity contribution in [2.24, 2.45) is 0 Å². The van der Waals surface area contributed by atoms with Crippen LogP contribution in [0.2, 0.25) is 0 Å². The van der Waals surface area contributed by atoms with Gasteiger partial charge < -0.3 is 19.4 Å². The van der Waals surface area contributed by atoms with Gasteiger partial charge in [0.05, 0.1) is 6.42 Å². The van der Waals surface area contributed by atoms with E-state index in [0.717, 1.165) is 26.9 Å². The number of fused-ring (bicyclic) bond motifs is 1. The molecule has 2 atom stereocenters. The lowest BCUT2D eigenvalue weighted by atomic mass is 10.1. The number of hydrogen-bond donors (Lipinski definition) is 1. The topological polar surface area (TPSA) is 84.7 Å². The number of rotatable bonds is 6. The summed E-state index contributed by atoms with van der Waals surface area (Å²) in [5.74, 6) is 0.218. The van der Waals surface area contributed by atoms with Gasteiger partial charge in [-0.3, -0.25) is 9.59 Å². The highest BCUT2D eigenvalue weighted by Gasteiger charge is 2.42. The number of hydrogen-bond acceptors (Lipinski definition) is 5. The van der Waals surface area contributed by atoms with Gasteiger partial charge in [0.15, 0.2) is 12.0 Å². The van der Waals surface area contributed by atoms with Gasteiger partial charge in [-0.05, 0) is 79.1 Å². The van der Waals surface area contributed by atoms with Crippen LogP contribution in [-0.2, 0) is 27.2 Å². The van der Waals surface area contributed by atoms with Crippen LogP contribution in [0, 0.1) is 5.82 Å². The van der Waals surface area contributed by atoms with Crippen LogP contribution < -0.4 is 5.32 Å². The molecule has 0 spiro atoms. The summed E-state index contributed by atoms with van der Waals surface area (Å²) in [6.07, 6.45) is -0.530. The first-order chi connectivity index (χ1) is 18.4. The minimum atomic E-state index is -0.802. The smallest absolute Gasteiger partial charge is 0.253 e. The maximum Gasteiger partial charge on any atom is 0.253 e. The first-order valence-electron chi connectivity index (χ1n) is 12.3. The maximum absolute atomic E-state index is 13.7. The second-order valence-corrected chi connectivity index (χ2v) is 10.3. The number of carbonyl (C=O) groups excluding carboxylic acids is 2. The molecule has 9 heteroatoms. The van der Waals surface area contributed by atoms with Crippen molar-refractivity contribution >= 4 is 33.4 Å². The molecule has 1 aromatic heterocycles. The third kappa shape index (κ3) is 4.63. The highest BCUT2D eigenvalue weighted by Crippen LogP contribution is 2.40. The standard InChI is InChI=1S/C29H23BrFN3O4/c1-16-28(36)34(13-12-17-2-3-20-15-24(35)32-23(20)14-17)29(37-16)26-25(18-6-10-22(31)11-7-18)33-27(38-26)19-4-8-21(30)9-5-19/h2-11,14,16,29H,12-13,15H2,1H3,(H,32,35)/t16-,29+/m0/s1. The predicted molar refractivity (Wildman–Crippen MR) is 143 cm³/mol. The predicted octanol–water partition coefficient (Wildman–Crippen LogP) is 5.89. The molecule has 2 amide bonds. The van der Waals surface area contributed by atoms with Crippen molar-refractivity contribution in [1.29, 1.82) is 0 Å². The molecule has 2 aliphatic heterocycles. The van der Waals surface area contributed by atoms with E-state index >= 15 is 0 Å². The number of benzene rings is 3. The molecule has 1 N–H and O–H groups in total. The molecule has 7 nitrogen and oxygen atoms in total. The SMILES string of the molecule is C[C@@H]1O[C@H](c2oc(-c3ccc(Br)cc3)nc2-c2ccc(F)cc2)N(CCc2ccc3c(c2)NC(=O)C3)C1=O. The Morgan fingerprint density at radius 1 is 1.05 bits per heavy atom. The Bertz CT molecular complexity index is 1530. The molecule has 3 aromatic carbocycles.